The lowest BCUT2D eigenvalue weighted by molar-refractivity contribution is -0.135. The third-order valence-corrected chi connectivity index (χ3v) is 5.63. The lowest BCUT2D eigenvalue weighted by Gasteiger charge is -2.44. The molecule has 1 saturated heterocycles. The number of aliphatic hydroxyl groups is 2. The Labute approximate surface area is 199 Å². The van der Waals surface area contributed by atoms with Gasteiger partial charge in [0.1, 0.15) is 6.61 Å². The van der Waals surface area contributed by atoms with Crippen LogP contribution in [-0.2, 0) is 16.1 Å². The third kappa shape index (κ3) is 6.08. The summed E-state index contributed by atoms with van der Waals surface area (Å²) in [7, 11) is 2.70. The summed E-state index contributed by atoms with van der Waals surface area (Å²) in [5, 5.41) is 21.3. The van der Waals surface area contributed by atoms with Crippen LogP contribution in [0.2, 0.25) is 0 Å². The van der Waals surface area contributed by atoms with Crippen LogP contribution in [-0.4, -0.2) is 83.0 Å². The zero-order chi connectivity index (χ0) is 24.9. The molecule has 178 valence electrons. The van der Waals surface area contributed by atoms with Gasteiger partial charge >= 0.3 is 0 Å². The number of ketones is 1. The Kier molecular flexibility index (Phi) is 7.84. The maximum atomic E-state index is 12.7. The number of likely N-dealkylation sites (N-methyl/N-ethyl adjacent to an activating group) is 2. The minimum absolute atomic E-state index is 0.294. The number of hydrogen-bond acceptors (Lipinski definition) is 6. The summed E-state index contributed by atoms with van der Waals surface area (Å²) < 4.78 is 0. The highest BCUT2D eigenvalue weighted by Gasteiger charge is 2.36. The number of benzene rings is 2. The number of nitrogens with zero attached hydrogens (tertiary/aromatic N) is 2. The van der Waals surface area contributed by atoms with Gasteiger partial charge in [-0.15, -0.1) is 0 Å². The van der Waals surface area contributed by atoms with Crippen LogP contribution < -0.4 is 5.32 Å². The number of nitrogens with one attached hydrogen (secondary N) is 1. The lowest BCUT2D eigenvalue weighted by Crippen LogP contribution is -2.59. The Morgan fingerprint density at radius 2 is 1.59 bits per heavy atom. The van der Waals surface area contributed by atoms with E-state index in [0.717, 1.165) is 22.6 Å². The summed E-state index contributed by atoms with van der Waals surface area (Å²) in [6, 6.07) is 13.1. The molecule has 1 fully saturated rings. The lowest BCUT2D eigenvalue weighted by atomic mass is 9.96. The Morgan fingerprint density at radius 1 is 1.06 bits per heavy atom. The second-order valence-corrected chi connectivity index (χ2v) is 8.72. The van der Waals surface area contributed by atoms with Crippen LogP contribution in [0.3, 0.4) is 0 Å². The molecular formula is C26H29N3O5. The van der Waals surface area contributed by atoms with E-state index in [9.17, 15) is 19.5 Å². The predicted molar refractivity (Wildman–Crippen MR) is 127 cm³/mol. The van der Waals surface area contributed by atoms with Crippen molar-refractivity contribution in [3.8, 4) is 11.8 Å². The van der Waals surface area contributed by atoms with Gasteiger partial charge in [-0.2, -0.15) is 0 Å². The summed E-state index contributed by atoms with van der Waals surface area (Å²) in [5.74, 6) is 4.20. The van der Waals surface area contributed by atoms with Gasteiger partial charge in [-0.25, -0.2) is 0 Å². The van der Waals surface area contributed by atoms with Crippen LogP contribution >= 0.6 is 0 Å². The molecule has 0 radical (unpaired) electrons. The summed E-state index contributed by atoms with van der Waals surface area (Å²) in [5.41, 5.74) is 2.43. The normalized spacial score (nSPS) is 15.3. The molecule has 1 aliphatic heterocycles. The van der Waals surface area contributed by atoms with E-state index in [-0.39, 0.29) is 0 Å². The van der Waals surface area contributed by atoms with Crippen LogP contribution in [0, 0.1) is 11.8 Å². The number of amides is 2. The molecule has 1 heterocycles. The highest BCUT2D eigenvalue weighted by molar-refractivity contribution is 6.10. The Morgan fingerprint density at radius 3 is 2.06 bits per heavy atom. The second-order valence-electron chi connectivity index (χ2n) is 8.72. The molecule has 1 atom stereocenters. The van der Waals surface area contributed by atoms with Gasteiger partial charge in [0.15, 0.2) is 11.8 Å². The van der Waals surface area contributed by atoms with E-state index in [1.165, 1.54) is 14.1 Å². The average molecular weight is 464 g/mol. The Balaban J connectivity index is 1.63. The van der Waals surface area contributed by atoms with Crippen LogP contribution in [0.1, 0.15) is 34.0 Å². The fourth-order valence-electron chi connectivity index (χ4n) is 3.90. The first-order chi connectivity index (χ1) is 16.1. The molecule has 0 aromatic heterocycles. The zero-order valence-corrected chi connectivity index (χ0v) is 19.5. The smallest absolute Gasteiger partial charge is 0.254 e. The first-order valence-corrected chi connectivity index (χ1v) is 10.9. The molecule has 2 aromatic carbocycles. The number of β-amino-alcohol motifs (C(OH)–C–C–N with tert-alkyl or cyclic N) is 1. The topological polar surface area (TPSA) is 110 Å². The van der Waals surface area contributed by atoms with Gasteiger partial charge in [0, 0.05) is 50.4 Å². The monoisotopic (exact) mass is 463 g/mol. The number of carbonyl (C=O) groups is 3. The molecule has 3 rings (SSSR count). The molecule has 2 amide bonds. The van der Waals surface area contributed by atoms with Crippen molar-refractivity contribution < 1.29 is 24.6 Å². The van der Waals surface area contributed by atoms with Gasteiger partial charge in [0.25, 0.3) is 5.91 Å². The van der Waals surface area contributed by atoms with E-state index in [1.54, 1.807) is 24.3 Å². The quantitative estimate of drug-likeness (QED) is 0.405. The van der Waals surface area contributed by atoms with Gasteiger partial charge in [0.2, 0.25) is 5.91 Å². The van der Waals surface area contributed by atoms with Gasteiger partial charge < -0.3 is 20.4 Å². The second kappa shape index (κ2) is 10.6. The molecule has 0 saturated carbocycles. The Hall–Kier alpha value is -3.51. The van der Waals surface area contributed by atoms with Crippen molar-refractivity contribution in [2.45, 2.75) is 25.1 Å². The number of carbonyl (C=O) groups excluding carboxylic acids is 3. The molecule has 3 N–H and O–H groups in total. The summed E-state index contributed by atoms with van der Waals surface area (Å²) in [6.07, 6.45) is 0. The van der Waals surface area contributed by atoms with Crippen molar-refractivity contribution >= 4 is 17.6 Å². The van der Waals surface area contributed by atoms with Crippen LogP contribution in [0.5, 0.6) is 0 Å². The van der Waals surface area contributed by atoms with Crippen LogP contribution in [0.4, 0.5) is 0 Å². The third-order valence-electron chi connectivity index (χ3n) is 5.63. The maximum absolute atomic E-state index is 12.7. The number of aliphatic hydroxyl groups excluding tert-OH is 1. The Bertz CT molecular complexity index is 1090. The maximum Gasteiger partial charge on any atom is 0.254 e. The fourth-order valence-corrected chi connectivity index (χ4v) is 3.90. The number of likely N-dealkylation sites (tertiary alicyclic amines) is 1. The summed E-state index contributed by atoms with van der Waals surface area (Å²) in [6.45, 7) is 3.13. The predicted octanol–water partition coefficient (Wildman–Crippen LogP) is 0.401. The van der Waals surface area contributed by atoms with Crippen molar-refractivity contribution in [2.24, 2.45) is 0 Å². The van der Waals surface area contributed by atoms with Crippen molar-refractivity contribution in [2.75, 3.05) is 33.8 Å². The van der Waals surface area contributed by atoms with E-state index in [1.807, 2.05) is 31.2 Å². The minimum Gasteiger partial charge on any atom is -0.388 e. The van der Waals surface area contributed by atoms with Gasteiger partial charge in [-0.3, -0.25) is 19.3 Å². The highest BCUT2D eigenvalue weighted by Crippen LogP contribution is 2.22. The van der Waals surface area contributed by atoms with Crippen LogP contribution in [0.15, 0.2) is 48.5 Å². The molecular weight excluding hydrogens is 434 g/mol. The van der Waals surface area contributed by atoms with E-state index in [4.69, 9.17) is 5.11 Å². The molecule has 0 spiro atoms. The molecule has 8 heteroatoms. The number of Topliss-reactive ketones (excluding diaryl/α,β-unsaturated/α-hetero) is 1. The molecule has 34 heavy (non-hydrogen) atoms. The first kappa shape index (κ1) is 25.1. The molecule has 8 nitrogen and oxygen atoms in total. The molecule has 2 aromatic rings. The van der Waals surface area contributed by atoms with Crippen molar-refractivity contribution in [3.63, 3.8) is 0 Å². The largest absolute Gasteiger partial charge is 0.388 e. The zero-order valence-electron chi connectivity index (χ0n) is 19.5. The van der Waals surface area contributed by atoms with Gasteiger partial charge in [0.05, 0.1) is 5.60 Å². The summed E-state index contributed by atoms with van der Waals surface area (Å²) in [4.78, 5) is 39.9. The van der Waals surface area contributed by atoms with E-state index < -0.39 is 35.8 Å². The fraction of sp³-hybridized carbons (Fsp3) is 0.346. The highest BCUT2D eigenvalue weighted by atomic mass is 16.3. The van der Waals surface area contributed by atoms with E-state index in [2.05, 4.69) is 22.1 Å². The standard InChI is InChI=1S/C26H29N3O5/c1-26(34)16-29(17-26)14-20-8-6-18(7-9-20)4-5-19-10-12-21(13-11-19)25(33)28(3)23(22(31)15-30)24(32)27-2/h6-13,23,30,34H,14-17H2,1-3H3,(H,27,32). The van der Waals surface area contributed by atoms with Crippen molar-refractivity contribution in [1.82, 2.24) is 15.1 Å². The summed E-state index contributed by atoms with van der Waals surface area (Å²) >= 11 is 0. The molecule has 0 aliphatic carbocycles. The van der Waals surface area contributed by atoms with E-state index in [0.29, 0.717) is 24.2 Å². The van der Waals surface area contributed by atoms with Crippen molar-refractivity contribution in [3.05, 3.63) is 70.8 Å². The number of hydrogen-bond donors (Lipinski definition) is 3. The van der Waals surface area contributed by atoms with Gasteiger partial charge in [-0.05, 0) is 48.9 Å². The molecule has 0 bridgehead atoms. The first-order valence-electron chi connectivity index (χ1n) is 10.9. The molecule has 1 aliphatic rings. The van der Waals surface area contributed by atoms with Crippen molar-refractivity contribution in [1.29, 1.82) is 0 Å². The van der Waals surface area contributed by atoms with Gasteiger partial charge in [-0.1, -0.05) is 24.0 Å². The SMILES string of the molecule is CNC(=O)C(C(=O)CO)N(C)C(=O)c1ccc(C#Cc2ccc(CN3CC(C)(O)C3)cc2)cc1. The number of rotatable bonds is 7. The minimum atomic E-state index is -1.40. The molecule has 1 unspecified atom stereocenters. The average Bonchev–Trinajstić information content (AvgIpc) is 2.82. The van der Waals surface area contributed by atoms with E-state index >= 15 is 0 Å². The van der Waals surface area contributed by atoms with Crippen LogP contribution in [0.25, 0.3) is 0 Å².